The zero-order chi connectivity index (χ0) is 13.8. The number of aromatic nitrogens is 1. The quantitative estimate of drug-likeness (QED) is 0.417. The van der Waals surface area contributed by atoms with E-state index in [9.17, 15) is 10.1 Å². The van der Waals surface area contributed by atoms with Gasteiger partial charge in [0.15, 0.2) is 0 Å². The second kappa shape index (κ2) is 6.49. The van der Waals surface area contributed by atoms with Crippen LogP contribution in [0.25, 0.3) is 0 Å². The predicted octanol–water partition coefficient (Wildman–Crippen LogP) is 4.81. The van der Waals surface area contributed by atoms with E-state index in [1.165, 1.54) is 17.8 Å². The van der Waals surface area contributed by atoms with E-state index in [1.54, 1.807) is 12.3 Å². The number of hydrogen-bond acceptors (Lipinski definition) is 4. The van der Waals surface area contributed by atoms with Crippen LogP contribution in [0.5, 0.6) is 0 Å². The van der Waals surface area contributed by atoms with Gasteiger partial charge in [0.25, 0.3) is 5.69 Å². The van der Waals surface area contributed by atoms with E-state index in [2.05, 4.69) is 36.8 Å². The maximum Gasteiger partial charge on any atom is 0.283 e. The van der Waals surface area contributed by atoms with Crippen LogP contribution in [0.2, 0.25) is 0 Å². The highest BCUT2D eigenvalue weighted by Gasteiger charge is 2.14. The number of pyridine rings is 1. The number of rotatable bonds is 4. The third-order valence-corrected chi connectivity index (χ3v) is 4.71. The van der Waals surface area contributed by atoms with E-state index in [0.29, 0.717) is 10.2 Å². The van der Waals surface area contributed by atoms with Crippen molar-refractivity contribution in [3.05, 3.63) is 61.2 Å². The molecule has 4 nitrogen and oxygen atoms in total. The first-order chi connectivity index (χ1) is 9.08. The molecule has 98 valence electrons. The number of nitrogens with zero attached hydrogens (tertiary/aromatic N) is 2. The Balaban J connectivity index is 2.13. The second-order valence-corrected chi connectivity index (χ2v) is 6.31. The Labute approximate surface area is 131 Å². The molecular weight excluding hydrogens is 396 g/mol. The molecule has 2 rings (SSSR count). The van der Waals surface area contributed by atoms with Crippen LogP contribution < -0.4 is 0 Å². The fraction of sp³-hybridized carbons (Fsp3) is 0.0833. The van der Waals surface area contributed by atoms with E-state index >= 15 is 0 Å². The van der Waals surface area contributed by atoms with Crippen LogP contribution in [0.4, 0.5) is 5.69 Å². The fourth-order valence-electron chi connectivity index (χ4n) is 1.42. The summed E-state index contributed by atoms with van der Waals surface area (Å²) in [4.78, 5) is 14.7. The molecule has 0 aliphatic heterocycles. The van der Waals surface area contributed by atoms with Crippen molar-refractivity contribution in [2.45, 2.75) is 10.8 Å². The lowest BCUT2D eigenvalue weighted by atomic mass is 10.2. The summed E-state index contributed by atoms with van der Waals surface area (Å²) in [5.41, 5.74) is 0.964. The van der Waals surface area contributed by atoms with Crippen molar-refractivity contribution in [2.24, 2.45) is 0 Å². The highest BCUT2D eigenvalue weighted by Crippen LogP contribution is 2.32. The number of halogens is 2. The van der Waals surface area contributed by atoms with Crippen LogP contribution in [0.15, 0.2) is 50.5 Å². The summed E-state index contributed by atoms with van der Waals surface area (Å²) in [6.45, 7) is 0. The Bertz CT molecular complexity index is 605. The molecule has 1 aromatic carbocycles. The van der Waals surface area contributed by atoms with Gasteiger partial charge >= 0.3 is 0 Å². The molecule has 0 bridgehead atoms. The molecule has 1 heterocycles. The highest BCUT2D eigenvalue weighted by atomic mass is 79.9. The average Bonchev–Trinajstić information content (AvgIpc) is 2.39. The van der Waals surface area contributed by atoms with Crippen molar-refractivity contribution in [1.82, 2.24) is 4.98 Å². The minimum absolute atomic E-state index is 0.0851. The number of hydrogen-bond donors (Lipinski definition) is 0. The van der Waals surface area contributed by atoms with Crippen molar-refractivity contribution < 1.29 is 4.92 Å². The van der Waals surface area contributed by atoms with Gasteiger partial charge in [-0.3, -0.25) is 10.1 Å². The van der Waals surface area contributed by atoms with E-state index in [1.807, 2.05) is 18.2 Å². The smallest absolute Gasteiger partial charge is 0.258 e. The predicted molar refractivity (Wildman–Crippen MR) is 82.3 cm³/mol. The van der Waals surface area contributed by atoms with Gasteiger partial charge in [-0.05, 0) is 49.6 Å². The van der Waals surface area contributed by atoms with Crippen molar-refractivity contribution in [1.29, 1.82) is 0 Å². The molecule has 0 N–H and O–H groups in total. The monoisotopic (exact) mass is 402 g/mol. The highest BCUT2D eigenvalue weighted by molar-refractivity contribution is 9.11. The first-order valence-electron chi connectivity index (χ1n) is 5.24. The van der Waals surface area contributed by atoms with E-state index in [0.717, 1.165) is 15.1 Å². The van der Waals surface area contributed by atoms with E-state index in [4.69, 9.17) is 0 Å². The lowest BCUT2D eigenvalue weighted by Crippen LogP contribution is -1.92. The Hall–Kier alpha value is -0.920. The minimum Gasteiger partial charge on any atom is -0.258 e. The molecule has 1 aromatic heterocycles. The van der Waals surface area contributed by atoms with Crippen molar-refractivity contribution >= 4 is 49.3 Å². The van der Waals surface area contributed by atoms with Gasteiger partial charge in [-0.2, -0.15) is 0 Å². The summed E-state index contributed by atoms with van der Waals surface area (Å²) < 4.78 is 1.46. The molecule has 0 aliphatic carbocycles. The van der Waals surface area contributed by atoms with E-state index < -0.39 is 4.92 Å². The third kappa shape index (κ3) is 3.77. The lowest BCUT2D eigenvalue weighted by molar-refractivity contribution is -0.385. The number of thioether (sulfide) groups is 1. The Morgan fingerprint density at radius 3 is 2.68 bits per heavy atom. The summed E-state index contributed by atoms with van der Waals surface area (Å²) in [6, 6.07) is 8.85. The molecule has 7 heteroatoms. The van der Waals surface area contributed by atoms with Crippen molar-refractivity contribution in [2.75, 3.05) is 0 Å². The van der Waals surface area contributed by atoms with Crippen LogP contribution in [0.1, 0.15) is 5.56 Å². The molecule has 0 spiro atoms. The summed E-state index contributed by atoms with van der Waals surface area (Å²) >= 11 is 8.14. The van der Waals surface area contributed by atoms with Gasteiger partial charge in [-0.25, -0.2) is 4.98 Å². The molecule has 2 aromatic rings. The van der Waals surface area contributed by atoms with E-state index in [-0.39, 0.29) is 5.69 Å². The first kappa shape index (κ1) is 14.5. The SMILES string of the molecule is O=[N+]([O-])c1cccc(CSc2ccc(Br)cn2)c1Br. The molecule has 0 radical (unpaired) electrons. The first-order valence-corrected chi connectivity index (χ1v) is 7.81. The number of benzene rings is 1. The van der Waals surface area contributed by atoms with Gasteiger partial charge in [0.1, 0.15) is 0 Å². The van der Waals surface area contributed by atoms with Crippen LogP contribution in [-0.2, 0) is 5.75 Å². The second-order valence-electron chi connectivity index (χ2n) is 3.61. The molecule has 19 heavy (non-hydrogen) atoms. The number of nitro groups is 1. The van der Waals surface area contributed by atoms with Crippen LogP contribution in [-0.4, -0.2) is 9.91 Å². The van der Waals surface area contributed by atoms with Gasteiger partial charge in [0.05, 0.1) is 14.4 Å². The van der Waals surface area contributed by atoms with Crippen molar-refractivity contribution in [3.63, 3.8) is 0 Å². The standard InChI is InChI=1S/C12H8Br2N2O2S/c13-9-4-5-11(15-6-9)19-7-8-2-1-3-10(12(8)14)16(17)18/h1-6H,7H2. The summed E-state index contributed by atoms with van der Waals surface area (Å²) in [7, 11) is 0. The molecule has 0 unspecified atom stereocenters. The topological polar surface area (TPSA) is 56.0 Å². The Morgan fingerprint density at radius 2 is 2.05 bits per heavy atom. The van der Waals surface area contributed by atoms with Gasteiger partial charge < -0.3 is 0 Å². The van der Waals surface area contributed by atoms with Gasteiger partial charge in [-0.1, -0.05) is 12.1 Å². The zero-order valence-electron chi connectivity index (χ0n) is 9.55. The summed E-state index contributed by atoms with van der Waals surface area (Å²) in [6.07, 6.45) is 1.73. The maximum absolute atomic E-state index is 10.8. The minimum atomic E-state index is -0.393. The Morgan fingerprint density at radius 1 is 1.26 bits per heavy atom. The number of nitro benzene ring substituents is 1. The summed E-state index contributed by atoms with van der Waals surface area (Å²) in [5, 5.41) is 11.7. The summed E-state index contributed by atoms with van der Waals surface area (Å²) in [5.74, 6) is 0.622. The fourth-order valence-corrected chi connectivity index (χ4v) is 3.22. The van der Waals surface area contributed by atoms with Gasteiger partial charge in [0, 0.05) is 22.5 Å². The molecule has 0 saturated heterocycles. The average molecular weight is 404 g/mol. The van der Waals surface area contributed by atoms with Gasteiger partial charge in [-0.15, -0.1) is 11.8 Å². The van der Waals surface area contributed by atoms with Crippen LogP contribution >= 0.6 is 43.6 Å². The molecular formula is C12H8Br2N2O2S. The largest absolute Gasteiger partial charge is 0.283 e. The zero-order valence-corrected chi connectivity index (χ0v) is 13.5. The molecule has 0 fully saturated rings. The third-order valence-electron chi connectivity index (χ3n) is 2.33. The molecule has 0 amide bonds. The Kier molecular flexibility index (Phi) is 4.95. The van der Waals surface area contributed by atoms with Crippen LogP contribution in [0.3, 0.4) is 0 Å². The maximum atomic E-state index is 10.8. The normalized spacial score (nSPS) is 10.4. The van der Waals surface area contributed by atoms with Crippen molar-refractivity contribution in [3.8, 4) is 0 Å². The molecule has 0 aliphatic rings. The van der Waals surface area contributed by atoms with Gasteiger partial charge in [0.2, 0.25) is 0 Å². The molecule has 0 saturated carbocycles. The lowest BCUT2D eigenvalue weighted by Gasteiger charge is -2.04. The van der Waals surface area contributed by atoms with Crippen LogP contribution in [0, 0.1) is 10.1 Å². The molecule has 0 atom stereocenters.